The van der Waals surface area contributed by atoms with Crippen LogP contribution in [0, 0.1) is 6.92 Å². The molecule has 0 amide bonds. The van der Waals surface area contributed by atoms with Gasteiger partial charge in [0.05, 0.1) is 10.6 Å². The van der Waals surface area contributed by atoms with Crippen LogP contribution in [0.2, 0.25) is 0 Å². The van der Waals surface area contributed by atoms with E-state index >= 15 is 0 Å². The van der Waals surface area contributed by atoms with Crippen molar-refractivity contribution < 1.29 is 8.42 Å². The fourth-order valence-corrected chi connectivity index (χ4v) is 4.36. The lowest BCUT2D eigenvalue weighted by Gasteiger charge is -2.29. The molecule has 0 bridgehead atoms. The molecule has 1 unspecified atom stereocenters. The summed E-state index contributed by atoms with van der Waals surface area (Å²) in [5, 5.41) is 3.44. The molecule has 1 aliphatic heterocycles. The highest BCUT2D eigenvalue weighted by molar-refractivity contribution is 7.91. The summed E-state index contributed by atoms with van der Waals surface area (Å²) in [6, 6.07) is 6.25. The molecule has 0 saturated carbocycles. The first kappa shape index (κ1) is 12.6. The summed E-state index contributed by atoms with van der Waals surface area (Å²) in [6.07, 6.45) is 0.664. The molecule has 1 aliphatic rings. The number of sulfone groups is 1. The van der Waals surface area contributed by atoms with E-state index in [4.69, 9.17) is 0 Å². The Kier molecular flexibility index (Phi) is 3.27. The molecule has 0 spiro atoms. The number of benzene rings is 1. The van der Waals surface area contributed by atoms with Crippen LogP contribution in [0.5, 0.6) is 0 Å². The van der Waals surface area contributed by atoms with Crippen molar-refractivity contribution >= 4 is 9.84 Å². The van der Waals surface area contributed by atoms with Crippen LogP contribution in [0.3, 0.4) is 0 Å². The second-order valence-corrected chi connectivity index (χ2v) is 7.02. The zero-order chi connectivity index (χ0) is 12.6. The molecule has 1 atom stereocenters. The van der Waals surface area contributed by atoms with Crippen molar-refractivity contribution in [3.05, 3.63) is 29.3 Å². The molecule has 0 radical (unpaired) electrons. The van der Waals surface area contributed by atoms with Gasteiger partial charge in [-0.2, -0.15) is 0 Å². The van der Waals surface area contributed by atoms with E-state index in [1.54, 1.807) is 0 Å². The summed E-state index contributed by atoms with van der Waals surface area (Å²) in [4.78, 5) is 0.546. The topological polar surface area (TPSA) is 46.2 Å². The third kappa shape index (κ3) is 2.38. The average molecular weight is 253 g/mol. The Morgan fingerprint density at radius 2 is 2.06 bits per heavy atom. The molecule has 3 nitrogen and oxygen atoms in total. The molecule has 0 fully saturated rings. The lowest BCUT2D eigenvalue weighted by molar-refractivity contribution is 0.449. The zero-order valence-corrected chi connectivity index (χ0v) is 11.3. The van der Waals surface area contributed by atoms with Crippen molar-refractivity contribution in [2.24, 2.45) is 0 Å². The maximum atomic E-state index is 12.1. The quantitative estimate of drug-likeness (QED) is 0.879. The molecule has 4 heteroatoms. The lowest BCUT2D eigenvalue weighted by Crippen LogP contribution is -2.34. The van der Waals surface area contributed by atoms with Gasteiger partial charge in [-0.1, -0.05) is 32.0 Å². The van der Waals surface area contributed by atoms with Gasteiger partial charge in [-0.25, -0.2) is 8.42 Å². The minimum atomic E-state index is -3.08. The Bertz CT molecular complexity index is 520. The van der Waals surface area contributed by atoms with Gasteiger partial charge in [-0.15, -0.1) is 0 Å². The smallest absolute Gasteiger partial charge is 0.179 e. The minimum absolute atomic E-state index is 0.161. The second-order valence-electron chi connectivity index (χ2n) is 4.97. The summed E-state index contributed by atoms with van der Waals surface area (Å²) >= 11 is 0. The third-order valence-corrected chi connectivity index (χ3v) is 5.09. The monoisotopic (exact) mass is 253 g/mol. The van der Waals surface area contributed by atoms with Crippen molar-refractivity contribution in [1.29, 1.82) is 0 Å². The van der Waals surface area contributed by atoms with Crippen LogP contribution in [0.15, 0.2) is 23.1 Å². The number of hydrogen-bond acceptors (Lipinski definition) is 3. The number of hydrogen-bond donors (Lipinski definition) is 1. The zero-order valence-electron chi connectivity index (χ0n) is 10.5. The van der Waals surface area contributed by atoms with E-state index in [-0.39, 0.29) is 11.8 Å². The molecule has 1 aromatic rings. The van der Waals surface area contributed by atoms with Crippen molar-refractivity contribution in [2.75, 3.05) is 5.75 Å². The number of nitrogens with one attached hydrogen (secondary N) is 1. The first-order chi connectivity index (χ1) is 7.92. The van der Waals surface area contributed by atoms with Gasteiger partial charge in [0, 0.05) is 12.1 Å². The molecular formula is C13H19NO2S. The second kappa shape index (κ2) is 4.42. The molecule has 1 heterocycles. The van der Waals surface area contributed by atoms with Gasteiger partial charge in [-0.05, 0) is 24.5 Å². The van der Waals surface area contributed by atoms with E-state index in [0.29, 0.717) is 17.4 Å². The van der Waals surface area contributed by atoms with Crippen molar-refractivity contribution in [2.45, 2.75) is 44.2 Å². The van der Waals surface area contributed by atoms with Crippen molar-refractivity contribution in [3.63, 3.8) is 0 Å². The lowest BCUT2D eigenvalue weighted by atomic mass is 10.0. The fraction of sp³-hybridized carbons (Fsp3) is 0.538. The van der Waals surface area contributed by atoms with Gasteiger partial charge in [0.15, 0.2) is 9.84 Å². The van der Waals surface area contributed by atoms with E-state index in [0.717, 1.165) is 11.1 Å². The van der Waals surface area contributed by atoms with Crippen LogP contribution >= 0.6 is 0 Å². The number of rotatable bonds is 2. The van der Waals surface area contributed by atoms with Crippen LogP contribution in [0.4, 0.5) is 0 Å². The van der Waals surface area contributed by atoms with E-state index < -0.39 is 9.84 Å². The fourth-order valence-electron chi connectivity index (χ4n) is 2.48. The molecular weight excluding hydrogens is 234 g/mol. The molecule has 1 N–H and O–H groups in total. The molecule has 94 valence electrons. The average Bonchev–Trinajstić information content (AvgIpc) is 2.21. The summed E-state index contributed by atoms with van der Waals surface area (Å²) in [5.74, 6) is 0.245. The maximum absolute atomic E-state index is 12.1. The van der Waals surface area contributed by atoms with Gasteiger partial charge >= 0.3 is 0 Å². The molecule has 0 aliphatic carbocycles. The van der Waals surface area contributed by atoms with E-state index in [9.17, 15) is 8.42 Å². The summed E-state index contributed by atoms with van der Waals surface area (Å²) < 4.78 is 24.2. The highest BCUT2D eigenvalue weighted by Crippen LogP contribution is 2.34. The van der Waals surface area contributed by atoms with Crippen LogP contribution in [-0.2, 0) is 9.84 Å². The van der Waals surface area contributed by atoms with Gasteiger partial charge in [0.1, 0.15) is 0 Å². The maximum Gasteiger partial charge on any atom is 0.179 e. The van der Waals surface area contributed by atoms with Gasteiger partial charge in [0.25, 0.3) is 0 Å². The summed E-state index contributed by atoms with van der Waals surface area (Å²) in [7, 11) is -3.08. The van der Waals surface area contributed by atoms with Gasteiger partial charge in [0.2, 0.25) is 0 Å². The summed E-state index contributed by atoms with van der Waals surface area (Å²) in [6.45, 7) is 6.03. The SMILES string of the molecule is Cc1cccc2c1S(=O)(=O)CCC2NC(C)C. The van der Waals surface area contributed by atoms with E-state index in [1.165, 1.54) is 0 Å². The Labute approximate surface area is 103 Å². The first-order valence-electron chi connectivity index (χ1n) is 6.00. The minimum Gasteiger partial charge on any atom is -0.308 e. The summed E-state index contributed by atoms with van der Waals surface area (Å²) in [5.41, 5.74) is 1.79. The predicted octanol–water partition coefficient (Wildman–Crippen LogP) is 2.21. The normalized spacial score (nSPS) is 22.5. The van der Waals surface area contributed by atoms with E-state index in [2.05, 4.69) is 19.2 Å². The number of aryl methyl sites for hydroxylation is 1. The standard InChI is InChI=1S/C13H19NO2S/c1-9(2)14-12-7-8-17(15,16)13-10(3)5-4-6-11(12)13/h4-6,9,12,14H,7-8H2,1-3H3. The van der Waals surface area contributed by atoms with Crippen LogP contribution < -0.4 is 5.32 Å². The Morgan fingerprint density at radius 3 is 2.71 bits per heavy atom. The van der Waals surface area contributed by atoms with Crippen molar-refractivity contribution in [1.82, 2.24) is 5.32 Å². The Balaban J connectivity index is 2.53. The van der Waals surface area contributed by atoms with Crippen LogP contribution in [0.1, 0.15) is 37.4 Å². The molecule has 17 heavy (non-hydrogen) atoms. The molecule has 2 rings (SSSR count). The Morgan fingerprint density at radius 1 is 1.35 bits per heavy atom. The van der Waals surface area contributed by atoms with Gasteiger partial charge in [-0.3, -0.25) is 0 Å². The Hall–Kier alpha value is -0.870. The number of fused-ring (bicyclic) bond motifs is 1. The van der Waals surface area contributed by atoms with Crippen molar-refractivity contribution in [3.8, 4) is 0 Å². The highest BCUT2D eigenvalue weighted by atomic mass is 32.2. The highest BCUT2D eigenvalue weighted by Gasteiger charge is 2.31. The van der Waals surface area contributed by atoms with Gasteiger partial charge < -0.3 is 5.32 Å². The van der Waals surface area contributed by atoms with E-state index in [1.807, 2.05) is 25.1 Å². The van der Waals surface area contributed by atoms with Crippen LogP contribution in [0.25, 0.3) is 0 Å². The molecule has 0 aromatic heterocycles. The third-order valence-electron chi connectivity index (χ3n) is 3.14. The largest absolute Gasteiger partial charge is 0.308 e. The molecule has 0 saturated heterocycles. The molecule has 1 aromatic carbocycles. The first-order valence-corrected chi connectivity index (χ1v) is 7.65. The van der Waals surface area contributed by atoms with Crippen LogP contribution in [-0.4, -0.2) is 20.2 Å². The predicted molar refractivity (Wildman–Crippen MR) is 68.9 cm³/mol.